The molecule has 0 spiro atoms. The average molecular weight is 294 g/mol. The molecular weight excluding hydrogens is 276 g/mol. The zero-order chi connectivity index (χ0) is 15.1. The van der Waals surface area contributed by atoms with Crippen LogP contribution in [-0.2, 0) is 4.74 Å². The number of carbonyl (C=O) groups excluding carboxylic acids is 1. The topological polar surface area (TPSA) is 96.7 Å². The van der Waals surface area contributed by atoms with Gasteiger partial charge in [-0.1, -0.05) is 0 Å². The summed E-state index contributed by atoms with van der Waals surface area (Å²) >= 11 is 0. The number of morpholine rings is 1. The van der Waals surface area contributed by atoms with Crippen molar-refractivity contribution in [3.05, 3.63) is 34.4 Å². The van der Waals surface area contributed by atoms with E-state index in [2.05, 4.69) is 15.5 Å². The fourth-order valence-electron chi connectivity index (χ4n) is 1.99. The predicted octanol–water partition coefficient (Wildman–Crippen LogP) is 1.05. The van der Waals surface area contributed by atoms with Crippen molar-refractivity contribution < 1.29 is 14.5 Å². The molecule has 0 saturated carbocycles. The van der Waals surface area contributed by atoms with Crippen LogP contribution in [0, 0.1) is 10.1 Å². The van der Waals surface area contributed by atoms with Gasteiger partial charge >= 0.3 is 6.03 Å². The lowest BCUT2D eigenvalue weighted by Crippen LogP contribution is -2.42. The molecule has 0 aromatic heterocycles. The van der Waals surface area contributed by atoms with E-state index in [4.69, 9.17) is 4.74 Å². The monoisotopic (exact) mass is 294 g/mol. The average Bonchev–Trinajstić information content (AvgIpc) is 2.49. The fourth-order valence-corrected chi connectivity index (χ4v) is 1.99. The Labute approximate surface area is 122 Å². The highest BCUT2D eigenvalue weighted by Crippen LogP contribution is 2.15. The van der Waals surface area contributed by atoms with Crippen molar-refractivity contribution in [3.8, 4) is 0 Å². The van der Waals surface area contributed by atoms with Crippen molar-refractivity contribution in [2.75, 3.05) is 44.7 Å². The number of nitrogens with zero attached hydrogens (tertiary/aromatic N) is 2. The standard InChI is InChI=1S/C13H18N4O4/c18-13(14-5-6-16-7-9-21-10-8-16)15-11-1-3-12(4-2-11)17(19)20/h1-4H,5-10H2,(H2,14,15,18). The molecule has 1 aliphatic rings. The van der Waals surface area contributed by atoms with Gasteiger partial charge in [-0.3, -0.25) is 15.0 Å². The molecule has 8 nitrogen and oxygen atoms in total. The first-order chi connectivity index (χ1) is 10.1. The smallest absolute Gasteiger partial charge is 0.319 e. The Hall–Kier alpha value is -2.19. The summed E-state index contributed by atoms with van der Waals surface area (Å²) in [6.07, 6.45) is 0. The van der Waals surface area contributed by atoms with E-state index in [9.17, 15) is 14.9 Å². The van der Waals surface area contributed by atoms with Crippen LogP contribution in [0.3, 0.4) is 0 Å². The minimum Gasteiger partial charge on any atom is -0.379 e. The largest absolute Gasteiger partial charge is 0.379 e. The minimum absolute atomic E-state index is 0.00623. The maximum absolute atomic E-state index is 11.7. The summed E-state index contributed by atoms with van der Waals surface area (Å²) in [4.78, 5) is 23.9. The molecule has 2 N–H and O–H groups in total. The van der Waals surface area contributed by atoms with E-state index >= 15 is 0 Å². The number of nitro benzene ring substituents is 1. The summed E-state index contributed by atoms with van der Waals surface area (Å²) in [5.74, 6) is 0. The Morgan fingerprint density at radius 1 is 1.29 bits per heavy atom. The van der Waals surface area contributed by atoms with Gasteiger partial charge < -0.3 is 15.4 Å². The Bertz CT molecular complexity index is 485. The van der Waals surface area contributed by atoms with Crippen LogP contribution < -0.4 is 10.6 Å². The van der Waals surface area contributed by atoms with Crippen LogP contribution in [0.25, 0.3) is 0 Å². The van der Waals surface area contributed by atoms with Gasteiger partial charge in [-0.05, 0) is 12.1 Å². The van der Waals surface area contributed by atoms with Gasteiger partial charge in [0, 0.05) is 44.0 Å². The lowest BCUT2D eigenvalue weighted by Gasteiger charge is -2.26. The van der Waals surface area contributed by atoms with E-state index in [1.165, 1.54) is 24.3 Å². The number of hydrogen-bond acceptors (Lipinski definition) is 5. The number of nitro groups is 1. The van der Waals surface area contributed by atoms with Crippen molar-refractivity contribution in [3.63, 3.8) is 0 Å². The number of urea groups is 1. The van der Waals surface area contributed by atoms with Crippen LogP contribution in [0.5, 0.6) is 0 Å². The van der Waals surface area contributed by atoms with Gasteiger partial charge in [0.05, 0.1) is 18.1 Å². The first-order valence-electron chi connectivity index (χ1n) is 6.74. The SMILES string of the molecule is O=C(NCCN1CCOCC1)Nc1ccc([N+](=O)[O-])cc1. The third-order valence-electron chi connectivity index (χ3n) is 3.15. The number of carbonyl (C=O) groups is 1. The molecule has 21 heavy (non-hydrogen) atoms. The minimum atomic E-state index is -0.480. The fraction of sp³-hybridized carbons (Fsp3) is 0.462. The Kier molecular flexibility index (Phi) is 5.47. The molecule has 0 radical (unpaired) electrons. The number of amides is 2. The number of benzene rings is 1. The maximum Gasteiger partial charge on any atom is 0.319 e. The van der Waals surface area contributed by atoms with Crippen molar-refractivity contribution in [1.82, 2.24) is 10.2 Å². The molecule has 2 amide bonds. The van der Waals surface area contributed by atoms with E-state index in [0.29, 0.717) is 12.2 Å². The molecule has 1 aromatic rings. The number of non-ortho nitro benzene ring substituents is 1. The van der Waals surface area contributed by atoms with Crippen LogP contribution in [0.2, 0.25) is 0 Å². The summed E-state index contributed by atoms with van der Waals surface area (Å²) in [7, 11) is 0. The Balaban J connectivity index is 1.70. The third kappa shape index (κ3) is 5.01. The van der Waals surface area contributed by atoms with Crippen LogP contribution in [0.15, 0.2) is 24.3 Å². The van der Waals surface area contributed by atoms with Crippen molar-refractivity contribution in [1.29, 1.82) is 0 Å². The lowest BCUT2D eigenvalue weighted by atomic mass is 10.3. The maximum atomic E-state index is 11.7. The van der Waals surface area contributed by atoms with E-state index in [-0.39, 0.29) is 11.7 Å². The van der Waals surface area contributed by atoms with Crippen molar-refractivity contribution in [2.24, 2.45) is 0 Å². The third-order valence-corrected chi connectivity index (χ3v) is 3.15. The van der Waals surface area contributed by atoms with Gasteiger partial charge in [0.15, 0.2) is 0 Å². The zero-order valence-corrected chi connectivity index (χ0v) is 11.6. The van der Waals surface area contributed by atoms with Crippen LogP contribution >= 0.6 is 0 Å². The summed E-state index contributed by atoms with van der Waals surface area (Å²) < 4.78 is 5.24. The summed E-state index contributed by atoms with van der Waals surface area (Å²) in [6.45, 7) is 4.54. The van der Waals surface area contributed by atoms with Gasteiger partial charge in [-0.2, -0.15) is 0 Å². The molecule has 1 fully saturated rings. The first kappa shape index (κ1) is 15.2. The molecule has 0 unspecified atom stereocenters. The second-order valence-electron chi connectivity index (χ2n) is 4.64. The highest BCUT2D eigenvalue weighted by Gasteiger charge is 2.10. The molecule has 114 valence electrons. The van der Waals surface area contributed by atoms with Crippen LogP contribution in [-0.4, -0.2) is 55.2 Å². The highest BCUT2D eigenvalue weighted by atomic mass is 16.6. The molecular formula is C13H18N4O4. The summed E-state index contributed by atoms with van der Waals surface area (Å²) in [5.41, 5.74) is 0.512. The molecule has 0 aliphatic carbocycles. The quantitative estimate of drug-likeness (QED) is 0.625. The molecule has 1 heterocycles. The highest BCUT2D eigenvalue weighted by molar-refractivity contribution is 5.89. The molecule has 8 heteroatoms. The second kappa shape index (κ2) is 7.55. The molecule has 1 saturated heterocycles. The molecule has 0 bridgehead atoms. The number of nitrogens with one attached hydrogen (secondary N) is 2. The van der Waals surface area contributed by atoms with Crippen LogP contribution in [0.1, 0.15) is 0 Å². The van der Waals surface area contributed by atoms with Gasteiger partial charge in [0.1, 0.15) is 0 Å². The summed E-state index contributed by atoms with van der Waals surface area (Å²) in [5, 5.41) is 15.9. The zero-order valence-electron chi connectivity index (χ0n) is 11.6. The van der Waals surface area contributed by atoms with E-state index < -0.39 is 4.92 Å². The first-order valence-corrected chi connectivity index (χ1v) is 6.74. The Morgan fingerprint density at radius 3 is 2.57 bits per heavy atom. The Morgan fingerprint density at radius 2 is 1.95 bits per heavy atom. The number of ether oxygens (including phenoxy) is 1. The van der Waals surface area contributed by atoms with Gasteiger partial charge in [-0.15, -0.1) is 0 Å². The molecule has 1 aliphatic heterocycles. The molecule has 0 atom stereocenters. The van der Waals surface area contributed by atoms with Crippen molar-refractivity contribution >= 4 is 17.4 Å². The van der Waals surface area contributed by atoms with Crippen molar-refractivity contribution in [2.45, 2.75) is 0 Å². The summed E-state index contributed by atoms with van der Waals surface area (Å²) in [6, 6.07) is 5.38. The second-order valence-corrected chi connectivity index (χ2v) is 4.64. The molecule has 2 rings (SSSR count). The normalized spacial score (nSPS) is 15.4. The predicted molar refractivity (Wildman–Crippen MR) is 77.4 cm³/mol. The lowest BCUT2D eigenvalue weighted by molar-refractivity contribution is -0.384. The number of rotatable bonds is 5. The van der Waals surface area contributed by atoms with E-state index in [0.717, 1.165) is 32.8 Å². The van der Waals surface area contributed by atoms with Gasteiger partial charge in [-0.25, -0.2) is 4.79 Å². The van der Waals surface area contributed by atoms with Crippen LogP contribution in [0.4, 0.5) is 16.2 Å². The van der Waals surface area contributed by atoms with Gasteiger partial charge in [0.25, 0.3) is 5.69 Å². The van der Waals surface area contributed by atoms with E-state index in [1.807, 2.05) is 0 Å². The number of anilines is 1. The number of hydrogen-bond donors (Lipinski definition) is 2. The van der Waals surface area contributed by atoms with Gasteiger partial charge in [0.2, 0.25) is 0 Å². The molecule has 1 aromatic carbocycles. The van der Waals surface area contributed by atoms with E-state index in [1.54, 1.807) is 0 Å².